The van der Waals surface area contributed by atoms with Gasteiger partial charge in [0, 0.05) is 15.1 Å². The van der Waals surface area contributed by atoms with E-state index in [9.17, 15) is 6.85 Å². The molecule has 10 rings (SSSR count). The normalized spacial score (nSPS) is 16.3. The van der Waals surface area contributed by atoms with Crippen molar-refractivity contribution >= 4 is 75.3 Å². The van der Waals surface area contributed by atoms with E-state index in [0.717, 1.165) is 11.3 Å². The van der Waals surface area contributed by atoms with Crippen molar-refractivity contribution in [1.29, 1.82) is 0 Å². The van der Waals surface area contributed by atoms with Crippen LogP contribution >= 0.6 is 11.3 Å². The molecule has 0 fully saturated rings. The van der Waals surface area contributed by atoms with Crippen LogP contribution < -0.4 is 0 Å². The molecule has 0 nitrogen and oxygen atoms in total. The molecule has 10 aromatic rings. The Morgan fingerprint density at radius 3 is 1.49 bits per heavy atom. The third-order valence-corrected chi connectivity index (χ3v) is 9.65. The maximum Gasteiger partial charge on any atom is 0.0645 e. The summed E-state index contributed by atoms with van der Waals surface area (Å²) in [5.41, 5.74) is 1.73. The predicted molar refractivity (Wildman–Crippen MR) is 206 cm³/mol. The molecule has 1 heteroatoms. The van der Waals surface area contributed by atoms with Gasteiger partial charge in [0.15, 0.2) is 0 Å². The molecule has 0 saturated carbocycles. The van der Waals surface area contributed by atoms with Crippen molar-refractivity contribution in [2.45, 2.75) is 0 Å². The Morgan fingerprint density at radius 2 is 0.872 bits per heavy atom. The van der Waals surface area contributed by atoms with E-state index in [1.165, 1.54) is 0 Å². The van der Waals surface area contributed by atoms with Gasteiger partial charge in [-0.1, -0.05) is 145 Å². The molecular formula is C46H28S. The monoisotopic (exact) mass is 627 g/mol. The Labute approximate surface area is 297 Å². The molecule has 0 saturated heterocycles. The number of benzene rings is 9. The average Bonchev–Trinajstić information content (AvgIpc) is 3.62. The van der Waals surface area contributed by atoms with Crippen LogP contribution in [0.25, 0.3) is 96.6 Å². The van der Waals surface area contributed by atoms with Crippen LogP contribution in [-0.2, 0) is 0 Å². The fourth-order valence-electron chi connectivity index (χ4n) is 6.59. The van der Waals surface area contributed by atoms with Gasteiger partial charge in [-0.2, -0.15) is 0 Å². The molecular weight excluding hydrogens is 585 g/mol. The molecule has 0 unspecified atom stereocenters. The third kappa shape index (κ3) is 4.07. The minimum atomic E-state index is -0.641. The van der Waals surface area contributed by atoms with Gasteiger partial charge in [0.05, 0.1) is 20.6 Å². The lowest BCUT2D eigenvalue weighted by Crippen LogP contribution is -1.90. The summed E-state index contributed by atoms with van der Waals surface area (Å²) in [6.45, 7) is 0. The maximum atomic E-state index is 9.98. The summed E-state index contributed by atoms with van der Waals surface area (Å²) >= 11 is 1.14. The van der Waals surface area contributed by atoms with Crippen LogP contribution in [-0.4, -0.2) is 0 Å². The van der Waals surface area contributed by atoms with E-state index in [1.54, 1.807) is 60.7 Å². The summed E-state index contributed by atoms with van der Waals surface area (Å²) in [4.78, 5) is 0.435. The van der Waals surface area contributed by atoms with Crippen LogP contribution in [0.5, 0.6) is 0 Å². The number of hydrogen-bond donors (Lipinski definition) is 0. The lowest BCUT2D eigenvalue weighted by Gasteiger charge is -2.18. The topological polar surface area (TPSA) is 0 Å². The van der Waals surface area contributed by atoms with E-state index in [1.807, 2.05) is 18.2 Å². The van der Waals surface area contributed by atoms with Crippen LogP contribution in [0.3, 0.4) is 0 Å². The molecule has 0 aliphatic carbocycles. The zero-order valence-electron chi connectivity index (χ0n) is 39.4. The first-order valence-electron chi connectivity index (χ1n) is 22.5. The highest BCUT2D eigenvalue weighted by molar-refractivity contribution is 7.22. The molecule has 0 bridgehead atoms. The van der Waals surface area contributed by atoms with Gasteiger partial charge in [-0.3, -0.25) is 0 Å². The van der Waals surface area contributed by atoms with Gasteiger partial charge >= 0.3 is 0 Å². The fourth-order valence-corrected chi connectivity index (χ4v) is 7.57. The molecule has 1 aromatic heterocycles. The van der Waals surface area contributed by atoms with Crippen molar-refractivity contribution < 1.29 is 20.6 Å². The molecule has 0 aliphatic heterocycles. The Bertz CT molecular complexity index is 3590. The van der Waals surface area contributed by atoms with Crippen molar-refractivity contribution in [2.24, 2.45) is 0 Å². The van der Waals surface area contributed by atoms with Gasteiger partial charge in [-0.25, -0.2) is 0 Å². The Balaban J connectivity index is 1.39. The van der Waals surface area contributed by atoms with Crippen LogP contribution in [0, 0.1) is 0 Å². The fraction of sp³-hybridized carbons (Fsp3) is 0. The molecule has 0 amide bonds. The number of thiophene rings is 1. The molecule has 0 N–H and O–H groups in total. The smallest absolute Gasteiger partial charge is 0.0645 e. The number of hydrogen-bond acceptors (Lipinski definition) is 1. The maximum absolute atomic E-state index is 9.98. The van der Waals surface area contributed by atoms with Crippen LogP contribution in [0.15, 0.2) is 169 Å². The molecule has 0 atom stereocenters. The zero-order valence-corrected chi connectivity index (χ0v) is 25.2. The second-order valence-electron chi connectivity index (χ2n) is 11.2. The largest absolute Gasteiger partial charge is 0.135 e. The summed E-state index contributed by atoms with van der Waals surface area (Å²) in [6, 6.07) is 16.8. The second-order valence-corrected chi connectivity index (χ2v) is 12.2. The molecule has 47 heavy (non-hydrogen) atoms. The Kier molecular flexibility index (Phi) is 3.47. The van der Waals surface area contributed by atoms with E-state index >= 15 is 0 Å². The van der Waals surface area contributed by atoms with Crippen molar-refractivity contribution in [1.82, 2.24) is 0 Å². The van der Waals surface area contributed by atoms with Crippen molar-refractivity contribution in [3.63, 3.8) is 0 Å². The van der Waals surface area contributed by atoms with Gasteiger partial charge in [0.25, 0.3) is 0 Å². The summed E-state index contributed by atoms with van der Waals surface area (Å²) in [7, 11) is 0. The highest BCUT2D eigenvalue weighted by Crippen LogP contribution is 2.47. The number of rotatable bonds is 3. The summed E-state index contributed by atoms with van der Waals surface area (Å²) < 4.78 is 137. The second kappa shape index (κ2) is 10.4. The molecule has 218 valence electrons. The summed E-state index contributed by atoms with van der Waals surface area (Å²) in [5, 5.41) is 1.14. The van der Waals surface area contributed by atoms with Crippen molar-refractivity contribution in [3.05, 3.63) is 169 Å². The van der Waals surface area contributed by atoms with Crippen LogP contribution in [0.1, 0.15) is 20.6 Å². The average molecular weight is 628 g/mol. The van der Waals surface area contributed by atoms with E-state index in [0.29, 0.717) is 47.8 Å². The zero-order chi connectivity index (χ0) is 44.0. The first-order valence-corrected chi connectivity index (χ1v) is 15.8. The van der Waals surface area contributed by atoms with E-state index < -0.39 is 60.4 Å². The summed E-state index contributed by atoms with van der Waals surface area (Å²) in [5.74, 6) is 0. The minimum absolute atomic E-state index is 0.00212. The minimum Gasteiger partial charge on any atom is -0.135 e. The van der Waals surface area contributed by atoms with Crippen LogP contribution in [0.4, 0.5) is 0 Å². The third-order valence-electron chi connectivity index (χ3n) is 8.63. The Hall–Kier alpha value is -5.76. The van der Waals surface area contributed by atoms with Crippen molar-refractivity contribution in [2.75, 3.05) is 0 Å². The van der Waals surface area contributed by atoms with Gasteiger partial charge in [0.1, 0.15) is 0 Å². The molecule has 0 radical (unpaired) electrons. The van der Waals surface area contributed by atoms with Crippen molar-refractivity contribution in [3.8, 4) is 32.7 Å². The molecule has 9 aromatic carbocycles. The lowest BCUT2D eigenvalue weighted by molar-refractivity contribution is 1.66. The lowest BCUT2D eigenvalue weighted by atomic mass is 9.86. The quantitative estimate of drug-likeness (QED) is 0.135. The summed E-state index contributed by atoms with van der Waals surface area (Å²) in [6.07, 6.45) is 0. The molecule has 1 heterocycles. The first-order chi connectivity index (χ1) is 29.6. The highest BCUT2D eigenvalue weighted by Gasteiger charge is 2.19. The standard InChI is InChI=1S/C46H28S/c1-2-12-29(13-3-1)30-23-25-43-32(26-30)28-44(47-43)46-40-20-10-8-18-38(40)45(39-19-9-11-21-41(39)46)31-22-24-37-35-16-5-4-14-33(35)34-15-6-7-17-36(34)42(37)27-31/h1-28H/i4D,5D,6D,7D,14D,15D,16D,17D,22D,23D,24D,25D,26D,27D,28D. The number of fused-ring (bicyclic) bond motifs is 9. The first kappa shape index (κ1) is 15.7. The van der Waals surface area contributed by atoms with Gasteiger partial charge < -0.3 is 0 Å². The van der Waals surface area contributed by atoms with Crippen LogP contribution in [0.2, 0.25) is 0 Å². The predicted octanol–water partition coefficient (Wildman–Crippen LogP) is 13.7. The van der Waals surface area contributed by atoms with Gasteiger partial charge in [-0.05, 0) is 106 Å². The molecule has 0 spiro atoms. The van der Waals surface area contributed by atoms with Gasteiger partial charge in [-0.15, -0.1) is 11.3 Å². The SMILES string of the molecule is [2H]c1c(-c2ccccc2)c([2H])c2c([2H])c(-c3c4ccccc4c(-c4c([2H])c([2H])c5c6c([2H])c([2H])c([2H])c([2H])c6c6c([2H])c([2H])c([2H])c([2H])c6c5c4[2H])c4ccccc34)sc2c1[2H]. The van der Waals surface area contributed by atoms with E-state index in [4.69, 9.17) is 13.7 Å². The van der Waals surface area contributed by atoms with E-state index in [-0.39, 0.29) is 79.0 Å². The molecule has 0 aliphatic rings. The van der Waals surface area contributed by atoms with Gasteiger partial charge in [0.2, 0.25) is 0 Å². The Morgan fingerprint density at radius 1 is 0.362 bits per heavy atom. The van der Waals surface area contributed by atoms with E-state index in [2.05, 4.69) is 0 Å². The highest BCUT2D eigenvalue weighted by atomic mass is 32.1.